The minimum Gasteiger partial charge on any atom is -0.493 e. The molecule has 10 heteroatoms. The van der Waals surface area contributed by atoms with Gasteiger partial charge in [0.15, 0.2) is 16.4 Å². The highest BCUT2D eigenvalue weighted by Gasteiger charge is 2.39. The van der Waals surface area contributed by atoms with Crippen molar-refractivity contribution in [1.82, 2.24) is 0 Å². The Bertz CT molecular complexity index is 1250. The molecule has 0 atom stereocenters. The Morgan fingerprint density at radius 2 is 1.63 bits per heavy atom. The summed E-state index contributed by atoms with van der Waals surface area (Å²) in [5, 5.41) is 2.63. The number of carbonyl (C=O) groups excluding carboxylic acids is 2. The Kier molecular flexibility index (Phi) is 8.06. The van der Waals surface area contributed by atoms with Crippen molar-refractivity contribution in [2.75, 3.05) is 37.0 Å². The van der Waals surface area contributed by atoms with Crippen molar-refractivity contribution in [2.45, 2.75) is 33.6 Å². The number of unbranched alkanes of at least 4 members (excludes halogenated alkanes) is 1. The summed E-state index contributed by atoms with van der Waals surface area (Å²) < 4.78 is 43.9. The van der Waals surface area contributed by atoms with Crippen LogP contribution in [0.4, 0.5) is 11.4 Å². The number of hydrogen-bond donors (Lipinski definition) is 1. The van der Waals surface area contributed by atoms with Gasteiger partial charge >= 0.3 is 5.97 Å². The molecule has 2 aromatic rings. The van der Waals surface area contributed by atoms with E-state index in [4.69, 9.17) is 14.2 Å². The van der Waals surface area contributed by atoms with Crippen molar-refractivity contribution in [1.29, 1.82) is 0 Å². The summed E-state index contributed by atoms with van der Waals surface area (Å²) >= 11 is 0. The number of esters is 1. The van der Waals surface area contributed by atoms with Gasteiger partial charge in [-0.15, -0.1) is 0 Å². The molecule has 1 aliphatic rings. The molecule has 9 nitrogen and oxygen atoms in total. The molecule has 1 amide bonds. The highest BCUT2D eigenvalue weighted by atomic mass is 32.2. The summed E-state index contributed by atoms with van der Waals surface area (Å²) in [4.78, 5) is 24.9. The van der Waals surface area contributed by atoms with Gasteiger partial charge in [-0.05, 0) is 56.2 Å². The number of ether oxygens (including phenoxy) is 3. The average Bonchev–Trinajstić information content (AvgIpc) is 2.83. The maximum atomic E-state index is 13.4. The molecule has 3 rings (SSSR count). The molecule has 0 spiro atoms. The van der Waals surface area contributed by atoms with Gasteiger partial charge in [0.1, 0.15) is 0 Å². The van der Waals surface area contributed by atoms with Crippen LogP contribution in [-0.2, 0) is 19.6 Å². The van der Waals surface area contributed by atoms with Crippen LogP contribution in [0.1, 0.15) is 49.5 Å². The smallest absolute Gasteiger partial charge is 0.338 e. The summed E-state index contributed by atoms with van der Waals surface area (Å²) in [7, 11) is -1.19. The fourth-order valence-electron chi connectivity index (χ4n) is 3.83. The Morgan fingerprint density at radius 1 is 1.00 bits per heavy atom. The largest absolute Gasteiger partial charge is 0.493 e. The van der Waals surface area contributed by atoms with E-state index in [-0.39, 0.29) is 11.4 Å². The summed E-state index contributed by atoms with van der Waals surface area (Å²) in [6.45, 7) is 5.72. The SMILES string of the molecule is CCCCOC(=O)c1ccc(NC(=O)C2=C(C)c3cc(OC)c(OC)cc3N(CC)S2(=O)=O)cc1. The lowest BCUT2D eigenvalue weighted by atomic mass is 10.0. The van der Waals surface area contributed by atoms with E-state index in [1.807, 2.05) is 6.92 Å². The third kappa shape index (κ3) is 5.12. The van der Waals surface area contributed by atoms with E-state index in [9.17, 15) is 18.0 Å². The van der Waals surface area contributed by atoms with Gasteiger partial charge in [0, 0.05) is 23.9 Å². The van der Waals surface area contributed by atoms with Crippen LogP contribution in [0.5, 0.6) is 11.5 Å². The van der Waals surface area contributed by atoms with Gasteiger partial charge in [-0.1, -0.05) is 13.3 Å². The van der Waals surface area contributed by atoms with Gasteiger partial charge in [-0.25, -0.2) is 13.2 Å². The van der Waals surface area contributed by atoms with Crippen LogP contribution in [0.2, 0.25) is 0 Å². The molecule has 0 aliphatic carbocycles. The van der Waals surface area contributed by atoms with E-state index < -0.39 is 21.9 Å². The van der Waals surface area contributed by atoms with Crippen LogP contribution in [0.3, 0.4) is 0 Å². The summed E-state index contributed by atoms with van der Waals surface area (Å²) in [6, 6.07) is 9.34. The topological polar surface area (TPSA) is 111 Å². The number of carbonyl (C=O) groups is 2. The average molecular weight is 503 g/mol. The van der Waals surface area contributed by atoms with Crippen LogP contribution < -0.4 is 19.1 Å². The molecule has 0 bridgehead atoms. The maximum Gasteiger partial charge on any atom is 0.338 e. The van der Waals surface area contributed by atoms with E-state index in [0.29, 0.717) is 46.2 Å². The van der Waals surface area contributed by atoms with E-state index in [1.54, 1.807) is 26.0 Å². The van der Waals surface area contributed by atoms with E-state index in [1.165, 1.54) is 42.8 Å². The molecule has 0 unspecified atom stereocenters. The Labute approximate surface area is 205 Å². The number of sulfonamides is 1. The molecule has 2 aromatic carbocycles. The Hall–Kier alpha value is -3.53. The second-order valence-corrected chi connectivity index (χ2v) is 9.67. The third-order valence-electron chi connectivity index (χ3n) is 5.67. The molecule has 188 valence electrons. The highest BCUT2D eigenvalue weighted by molar-refractivity contribution is 7.97. The lowest BCUT2D eigenvalue weighted by Gasteiger charge is -2.32. The standard InChI is InChI=1S/C25H30N2O7S/c1-6-8-13-34-25(29)17-9-11-18(12-10-17)26-24(28)23-16(3)19-14-21(32-4)22(33-5)15-20(19)27(7-2)35(23,30)31/h9-12,14-15H,6-8,13H2,1-5H3,(H,26,28). The molecular formula is C25H30N2O7S. The van der Waals surface area contributed by atoms with Crippen molar-refractivity contribution >= 4 is 38.8 Å². The Morgan fingerprint density at radius 3 is 2.20 bits per heavy atom. The van der Waals surface area contributed by atoms with Crippen molar-refractivity contribution in [3.05, 3.63) is 52.4 Å². The first-order valence-electron chi connectivity index (χ1n) is 11.3. The molecule has 0 saturated heterocycles. The fraction of sp³-hybridized carbons (Fsp3) is 0.360. The predicted molar refractivity (Wildman–Crippen MR) is 134 cm³/mol. The van der Waals surface area contributed by atoms with E-state index in [0.717, 1.165) is 12.8 Å². The predicted octanol–water partition coefficient (Wildman–Crippen LogP) is 4.20. The van der Waals surface area contributed by atoms with Crippen molar-refractivity contribution < 1.29 is 32.2 Å². The zero-order valence-corrected chi connectivity index (χ0v) is 21.3. The summed E-state index contributed by atoms with van der Waals surface area (Å²) in [5.74, 6) is -0.431. The summed E-state index contributed by atoms with van der Waals surface area (Å²) in [6.07, 6.45) is 1.69. The minimum atomic E-state index is -4.14. The van der Waals surface area contributed by atoms with Gasteiger partial charge < -0.3 is 19.5 Å². The zero-order chi connectivity index (χ0) is 25.8. The van der Waals surface area contributed by atoms with E-state index >= 15 is 0 Å². The zero-order valence-electron chi connectivity index (χ0n) is 20.5. The number of nitrogens with one attached hydrogen (secondary N) is 1. The van der Waals surface area contributed by atoms with Gasteiger partial charge in [0.25, 0.3) is 15.9 Å². The number of allylic oxidation sites excluding steroid dienone is 1. The van der Waals surface area contributed by atoms with Crippen LogP contribution >= 0.6 is 0 Å². The number of hydrogen-bond acceptors (Lipinski definition) is 7. The maximum absolute atomic E-state index is 13.4. The van der Waals surface area contributed by atoms with Crippen molar-refractivity contribution in [3.63, 3.8) is 0 Å². The molecule has 1 N–H and O–H groups in total. The monoisotopic (exact) mass is 502 g/mol. The van der Waals surface area contributed by atoms with Crippen LogP contribution in [-0.4, -0.2) is 47.7 Å². The summed E-state index contributed by atoms with van der Waals surface area (Å²) in [5.41, 5.74) is 1.93. The number of methoxy groups -OCH3 is 2. The molecule has 1 aliphatic heterocycles. The number of anilines is 2. The first-order chi connectivity index (χ1) is 16.7. The van der Waals surface area contributed by atoms with Crippen molar-refractivity contribution in [3.8, 4) is 11.5 Å². The van der Waals surface area contributed by atoms with Gasteiger partial charge in [0.2, 0.25) is 0 Å². The quantitative estimate of drug-likeness (QED) is 0.404. The normalized spacial score (nSPS) is 14.3. The molecule has 1 heterocycles. The Balaban J connectivity index is 1.94. The number of rotatable bonds is 9. The third-order valence-corrected chi connectivity index (χ3v) is 7.71. The fourth-order valence-corrected chi connectivity index (χ4v) is 5.58. The molecule has 0 radical (unpaired) electrons. The minimum absolute atomic E-state index is 0.115. The van der Waals surface area contributed by atoms with Crippen molar-refractivity contribution in [2.24, 2.45) is 0 Å². The van der Waals surface area contributed by atoms with E-state index in [2.05, 4.69) is 5.32 Å². The lowest BCUT2D eigenvalue weighted by molar-refractivity contribution is -0.112. The molecular weight excluding hydrogens is 472 g/mol. The molecule has 0 saturated carbocycles. The number of nitrogens with zero attached hydrogens (tertiary/aromatic N) is 1. The molecule has 0 fully saturated rings. The van der Waals surface area contributed by atoms with Gasteiger partial charge in [-0.2, -0.15) is 0 Å². The molecule has 35 heavy (non-hydrogen) atoms. The number of amides is 1. The second kappa shape index (κ2) is 10.8. The molecule has 0 aromatic heterocycles. The second-order valence-electron chi connectivity index (χ2n) is 7.87. The van der Waals surface area contributed by atoms with Crippen LogP contribution in [0.15, 0.2) is 41.3 Å². The van der Waals surface area contributed by atoms with Gasteiger partial charge in [-0.3, -0.25) is 9.10 Å². The van der Waals surface area contributed by atoms with Crippen LogP contribution in [0.25, 0.3) is 5.57 Å². The van der Waals surface area contributed by atoms with Gasteiger partial charge in [0.05, 0.1) is 32.1 Å². The first-order valence-corrected chi connectivity index (χ1v) is 12.7. The number of benzene rings is 2. The number of fused-ring (bicyclic) bond motifs is 1. The van der Waals surface area contributed by atoms with Crippen LogP contribution in [0, 0.1) is 0 Å². The first kappa shape index (κ1) is 26.1. The highest BCUT2D eigenvalue weighted by Crippen LogP contribution is 2.44. The lowest BCUT2D eigenvalue weighted by Crippen LogP contribution is -2.39.